The van der Waals surface area contributed by atoms with Crippen LogP contribution in [0, 0.1) is 20.8 Å². The Morgan fingerprint density at radius 1 is 0.667 bits per heavy atom. The van der Waals surface area contributed by atoms with E-state index in [0.717, 1.165) is 0 Å². The first-order valence-corrected chi connectivity index (χ1v) is 11.8. The highest BCUT2D eigenvalue weighted by molar-refractivity contribution is 6.32. The normalized spacial score (nSPS) is 11.5. The molecule has 0 spiro atoms. The van der Waals surface area contributed by atoms with Crippen molar-refractivity contribution in [3.05, 3.63) is 107 Å². The van der Waals surface area contributed by atoms with Crippen molar-refractivity contribution in [1.29, 1.82) is 0 Å². The molecule has 0 atom stereocenters. The molecule has 0 saturated carbocycles. The Labute approximate surface area is 200 Å². The van der Waals surface area contributed by atoms with Crippen LogP contribution in [-0.4, -0.2) is 7.85 Å². The quantitative estimate of drug-likeness (QED) is 0.306. The van der Waals surface area contributed by atoms with Crippen molar-refractivity contribution < 1.29 is 0 Å². The number of nitrogens with zero attached hydrogens (tertiary/aromatic N) is 1. The molecule has 0 fully saturated rings. The summed E-state index contributed by atoms with van der Waals surface area (Å²) in [5.74, 6) is 0. The fourth-order valence-electron chi connectivity index (χ4n) is 4.86. The second kappa shape index (κ2) is 8.94. The molecule has 0 amide bonds. The first-order chi connectivity index (χ1) is 15.6. The van der Waals surface area contributed by atoms with Crippen LogP contribution in [0.2, 0.25) is 0 Å². The predicted octanol–water partition coefficient (Wildman–Crippen LogP) is 7.30. The third-order valence-electron chi connectivity index (χ3n) is 6.27. The minimum absolute atomic E-state index is 0.0107. The van der Waals surface area contributed by atoms with E-state index in [0.29, 0.717) is 0 Å². The molecule has 4 aromatic carbocycles. The Morgan fingerprint density at radius 3 is 1.91 bits per heavy atom. The van der Waals surface area contributed by atoms with E-state index >= 15 is 0 Å². The van der Waals surface area contributed by atoms with Gasteiger partial charge in [0.05, 0.1) is 5.69 Å². The van der Waals surface area contributed by atoms with Crippen molar-refractivity contribution in [2.45, 2.75) is 47.0 Å². The highest BCUT2D eigenvalue weighted by Crippen LogP contribution is 2.42. The number of hydrogen-bond donors (Lipinski definition) is 0. The Hall–Kier alpha value is -3.26. The van der Waals surface area contributed by atoms with Gasteiger partial charge in [0.15, 0.2) is 0 Å². The summed E-state index contributed by atoms with van der Waals surface area (Å²) in [5.41, 5.74) is 12.7. The van der Waals surface area contributed by atoms with Crippen LogP contribution in [0.3, 0.4) is 0 Å². The molecule has 0 bridgehead atoms. The lowest BCUT2D eigenvalue weighted by atomic mass is 9.81. The van der Waals surface area contributed by atoms with Crippen molar-refractivity contribution in [1.82, 2.24) is 0 Å². The Kier molecular flexibility index (Phi) is 6.21. The van der Waals surface area contributed by atoms with E-state index in [9.17, 15) is 0 Å². The van der Waals surface area contributed by atoms with E-state index in [1.54, 1.807) is 0 Å². The first kappa shape index (κ1) is 22.9. The zero-order valence-electron chi connectivity index (χ0n) is 21.0. The van der Waals surface area contributed by atoms with Gasteiger partial charge in [-0.25, -0.2) is 0 Å². The maximum Gasteiger partial charge on any atom is 0.139 e. The summed E-state index contributed by atoms with van der Waals surface area (Å²) in [6.07, 6.45) is 0. The smallest absolute Gasteiger partial charge is 0.139 e. The summed E-state index contributed by atoms with van der Waals surface area (Å²) in [6.45, 7) is 13.5. The minimum Gasteiger partial charge on any atom is -0.310 e. The molecule has 0 heterocycles. The molecule has 166 valence electrons. The van der Waals surface area contributed by atoms with Crippen molar-refractivity contribution in [2.24, 2.45) is 0 Å². The summed E-state index contributed by atoms with van der Waals surface area (Å²) in [4.78, 5) is 2.43. The lowest BCUT2D eigenvalue weighted by Gasteiger charge is -2.32. The van der Waals surface area contributed by atoms with E-state index in [2.05, 4.69) is 139 Å². The topological polar surface area (TPSA) is 3.24 Å². The summed E-state index contributed by atoms with van der Waals surface area (Å²) in [5, 5.41) is 0. The number of rotatable bonds is 4. The van der Waals surface area contributed by atoms with Crippen molar-refractivity contribution >= 4 is 30.4 Å². The minimum atomic E-state index is 0.0107. The van der Waals surface area contributed by atoms with Crippen LogP contribution in [0.1, 0.15) is 43.0 Å². The molecule has 0 unspecified atom stereocenters. The molecule has 0 aliphatic rings. The molecule has 0 N–H and O–H groups in total. The molecule has 2 heteroatoms. The Bertz CT molecular complexity index is 1260. The highest BCUT2D eigenvalue weighted by atomic mass is 15.1. The molecule has 1 nitrogen and oxygen atoms in total. The third-order valence-corrected chi connectivity index (χ3v) is 6.27. The second-order valence-electron chi connectivity index (χ2n) is 10.3. The zero-order chi connectivity index (χ0) is 23.8. The molecule has 0 aliphatic carbocycles. The Morgan fingerprint density at radius 2 is 1.30 bits per heavy atom. The van der Waals surface area contributed by atoms with Gasteiger partial charge in [-0.3, -0.25) is 0 Å². The fourth-order valence-corrected chi connectivity index (χ4v) is 4.86. The number of benzene rings is 4. The van der Waals surface area contributed by atoms with Crippen LogP contribution < -0.4 is 10.4 Å². The van der Waals surface area contributed by atoms with Gasteiger partial charge in [0.25, 0.3) is 0 Å². The van der Waals surface area contributed by atoms with E-state index in [1.807, 2.05) is 0 Å². The standard InChI is InChI=1S/C31H34BN/c1-21-17-22(2)30(23(3)18-21)33(26-14-10-13-25(32)19-26)27-15-16-28(24-11-8-7-9-12-24)29(20-27)31(4,5)6/h7-20H,32H2,1-6H3. The average molecular weight is 431 g/mol. The van der Waals surface area contributed by atoms with Crippen LogP contribution >= 0.6 is 0 Å². The highest BCUT2D eigenvalue weighted by Gasteiger charge is 2.23. The second-order valence-corrected chi connectivity index (χ2v) is 10.3. The third kappa shape index (κ3) is 4.76. The van der Waals surface area contributed by atoms with Gasteiger partial charge < -0.3 is 4.90 Å². The summed E-state index contributed by atoms with van der Waals surface area (Å²) >= 11 is 0. The summed E-state index contributed by atoms with van der Waals surface area (Å²) in [7, 11) is 2.16. The van der Waals surface area contributed by atoms with E-state index in [4.69, 9.17) is 0 Å². The molecule has 0 radical (unpaired) electrons. The summed E-state index contributed by atoms with van der Waals surface area (Å²) in [6, 6.07) is 31.1. The SMILES string of the molecule is Bc1cccc(N(c2ccc(-c3ccccc3)c(C(C)(C)C)c2)c2c(C)cc(C)cc2C)c1. The van der Waals surface area contributed by atoms with Gasteiger partial charge >= 0.3 is 0 Å². The van der Waals surface area contributed by atoms with Gasteiger partial charge in [0, 0.05) is 11.4 Å². The lowest BCUT2D eigenvalue weighted by Crippen LogP contribution is -2.18. The molecule has 4 rings (SSSR count). The van der Waals surface area contributed by atoms with Crippen LogP contribution in [0.15, 0.2) is 84.9 Å². The van der Waals surface area contributed by atoms with Gasteiger partial charge in [-0.15, -0.1) is 0 Å². The lowest BCUT2D eigenvalue weighted by molar-refractivity contribution is 0.592. The molecule has 33 heavy (non-hydrogen) atoms. The Balaban J connectivity index is 1.99. The van der Waals surface area contributed by atoms with Gasteiger partial charge in [-0.2, -0.15) is 0 Å². The van der Waals surface area contributed by atoms with Crippen LogP contribution in [0.5, 0.6) is 0 Å². The van der Waals surface area contributed by atoms with Gasteiger partial charge in [0.1, 0.15) is 7.85 Å². The molecular weight excluding hydrogens is 397 g/mol. The summed E-state index contributed by atoms with van der Waals surface area (Å²) < 4.78 is 0. The monoisotopic (exact) mass is 431 g/mol. The number of anilines is 3. The fraction of sp³-hybridized carbons (Fsp3) is 0.226. The van der Waals surface area contributed by atoms with Crippen molar-refractivity contribution in [3.8, 4) is 11.1 Å². The van der Waals surface area contributed by atoms with Crippen LogP contribution in [-0.2, 0) is 5.41 Å². The number of aryl methyl sites for hydroxylation is 3. The average Bonchev–Trinajstić information content (AvgIpc) is 2.76. The van der Waals surface area contributed by atoms with E-state index < -0.39 is 0 Å². The largest absolute Gasteiger partial charge is 0.310 e. The molecule has 0 saturated heterocycles. The number of hydrogen-bond acceptors (Lipinski definition) is 1. The van der Waals surface area contributed by atoms with Crippen LogP contribution in [0.25, 0.3) is 11.1 Å². The predicted molar refractivity (Wildman–Crippen MR) is 148 cm³/mol. The van der Waals surface area contributed by atoms with E-state index in [1.165, 1.54) is 55.9 Å². The van der Waals surface area contributed by atoms with Crippen molar-refractivity contribution in [2.75, 3.05) is 4.90 Å². The molecule has 0 aromatic heterocycles. The zero-order valence-corrected chi connectivity index (χ0v) is 21.0. The maximum absolute atomic E-state index is 2.43. The molecular formula is C31H34BN. The maximum atomic E-state index is 2.43. The molecule has 4 aromatic rings. The van der Waals surface area contributed by atoms with Gasteiger partial charge in [0.2, 0.25) is 0 Å². The van der Waals surface area contributed by atoms with Gasteiger partial charge in [-0.1, -0.05) is 92.5 Å². The van der Waals surface area contributed by atoms with Crippen molar-refractivity contribution in [3.63, 3.8) is 0 Å². The van der Waals surface area contributed by atoms with Gasteiger partial charge in [-0.05, 0) is 78.3 Å². The first-order valence-electron chi connectivity index (χ1n) is 11.8. The van der Waals surface area contributed by atoms with Crippen LogP contribution in [0.4, 0.5) is 17.1 Å². The molecule has 0 aliphatic heterocycles. The van der Waals surface area contributed by atoms with E-state index in [-0.39, 0.29) is 5.41 Å².